The number of amides is 2. The fourth-order valence-corrected chi connectivity index (χ4v) is 4.92. The molecule has 1 aliphatic heterocycles. The van der Waals surface area contributed by atoms with Gasteiger partial charge < -0.3 is 16.0 Å². The molecule has 1 fully saturated rings. The Morgan fingerprint density at radius 3 is 2.93 bits per heavy atom. The van der Waals surface area contributed by atoms with Gasteiger partial charge in [-0.15, -0.1) is 11.3 Å². The molecule has 9 heteroatoms. The molecule has 3 aromatic heterocycles. The summed E-state index contributed by atoms with van der Waals surface area (Å²) in [5.41, 5.74) is 8.10. The van der Waals surface area contributed by atoms with E-state index in [1.54, 1.807) is 28.5 Å². The topological polar surface area (TPSA) is 117 Å². The molecule has 0 aliphatic carbocycles. The standard InChI is InChI=1S/C20H24N6O2S/c1-3-12-6-13(8-22-18(12)21)24-19(27)20(28)26-10-11(2)4-5-15(26)16-7-14-17(29-16)9-23-25-14/h6-9,11,15H,3-5,10H2,1-2H3,(H2,21,22)(H,23,25)(H,24,27)/t11-,15+/m0/s1. The monoisotopic (exact) mass is 412 g/mol. The van der Waals surface area contributed by atoms with E-state index in [0.717, 1.165) is 33.5 Å². The quantitative estimate of drug-likeness (QED) is 0.572. The third kappa shape index (κ3) is 3.82. The Labute approximate surface area is 172 Å². The Morgan fingerprint density at radius 2 is 2.17 bits per heavy atom. The van der Waals surface area contributed by atoms with Crippen LogP contribution in [0.3, 0.4) is 0 Å². The molecule has 8 nitrogen and oxygen atoms in total. The van der Waals surface area contributed by atoms with Crippen molar-refractivity contribution in [3.8, 4) is 0 Å². The minimum Gasteiger partial charge on any atom is -0.383 e. The van der Waals surface area contributed by atoms with Gasteiger partial charge in [0.15, 0.2) is 0 Å². The lowest BCUT2D eigenvalue weighted by molar-refractivity contribution is -0.146. The summed E-state index contributed by atoms with van der Waals surface area (Å²) in [6.07, 6.45) is 5.81. The number of anilines is 2. The second-order valence-electron chi connectivity index (χ2n) is 7.53. The first-order chi connectivity index (χ1) is 14.0. The molecular formula is C20H24N6O2S. The zero-order valence-corrected chi connectivity index (χ0v) is 17.3. The molecule has 4 N–H and O–H groups in total. The number of nitrogen functional groups attached to an aromatic ring is 1. The summed E-state index contributed by atoms with van der Waals surface area (Å²) in [5.74, 6) is -0.392. The van der Waals surface area contributed by atoms with Crippen LogP contribution in [0.2, 0.25) is 0 Å². The molecular weight excluding hydrogens is 388 g/mol. The lowest BCUT2D eigenvalue weighted by atomic mass is 9.93. The highest BCUT2D eigenvalue weighted by atomic mass is 32.1. The normalized spacial score (nSPS) is 19.4. The number of thiophene rings is 1. The highest BCUT2D eigenvalue weighted by molar-refractivity contribution is 7.19. The summed E-state index contributed by atoms with van der Waals surface area (Å²) in [6.45, 7) is 4.62. The van der Waals surface area contributed by atoms with E-state index in [1.165, 1.54) is 6.20 Å². The summed E-state index contributed by atoms with van der Waals surface area (Å²) >= 11 is 1.61. The van der Waals surface area contributed by atoms with Gasteiger partial charge in [0.25, 0.3) is 0 Å². The zero-order chi connectivity index (χ0) is 20.5. The largest absolute Gasteiger partial charge is 0.383 e. The molecule has 0 saturated carbocycles. The van der Waals surface area contributed by atoms with Gasteiger partial charge in [-0.3, -0.25) is 14.7 Å². The molecule has 0 radical (unpaired) electrons. The van der Waals surface area contributed by atoms with Crippen molar-refractivity contribution in [1.29, 1.82) is 0 Å². The fraction of sp³-hybridized carbons (Fsp3) is 0.400. The Hall–Kier alpha value is -2.94. The van der Waals surface area contributed by atoms with Crippen molar-refractivity contribution in [3.63, 3.8) is 0 Å². The first-order valence-corrected chi connectivity index (χ1v) is 10.6. The molecule has 4 heterocycles. The van der Waals surface area contributed by atoms with Crippen LogP contribution in [-0.4, -0.2) is 38.4 Å². The van der Waals surface area contributed by atoms with Crippen LogP contribution >= 0.6 is 11.3 Å². The van der Waals surface area contributed by atoms with Crippen LogP contribution < -0.4 is 11.1 Å². The molecule has 3 aromatic rings. The lowest BCUT2D eigenvalue weighted by Crippen LogP contribution is -2.46. The van der Waals surface area contributed by atoms with Crippen molar-refractivity contribution >= 4 is 44.9 Å². The predicted molar refractivity (Wildman–Crippen MR) is 113 cm³/mol. The van der Waals surface area contributed by atoms with Gasteiger partial charge in [0.05, 0.1) is 34.3 Å². The predicted octanol–water partition coefficient (Wildman–Crippen LogP) is 3.10. The molecule has 2 amide bonds. The number of aromatic nitrogens is 3. The zero-order valence-electron chi connectivity index (χ0n) is 16.4. The molecule has 1 aliphatic rings. The molecule has 152 valence electrons. The van der Waals surface area contributed by atoms with Crippen molar-refractivity contribution in [2.45, 2.75) is 39.2 Å². The van der Waals surface area contributed by atoms with Crippen molar-refractivity contribution in [2.24, 2.45) is 5.92 Å². The van der Waals surface area contributed by atoms with Crippen molar-refractivity contribution in [1.82, 2.24) is 20.1 Å². The van der Waals surface area contributed by atoms with Crippen molar-refractivity contribution in [2.75, 3.05) is 17.6 Å². The minimum absolute atomic E-state index is 0.106. The summed E-state index contributed by atoms with van der Waals surface area (Å²) in [5, 5.41) is 9.69. The number of aromatic amines is 1. The number of rotatable bonds is 3. The number of likely N-dealkylation sites (tertiary alicyclic amines) is 1. The number of nitrogens with zero attached hydrogens (tertiary/aromatic N) is 3. The van der Waals surface area contributed by atoms with E-state index < -0.39 is 11.8 Å². The number of nitrogens with one attached hydrogen (secondary N) is 2. The van der Waals surface area contributed by atoms with E-state index in [-0.39, 0.29) is 6.04 Å². The molecule has 2 atom stereocenters. The number of carbonyl (C=O) groups excluding carboxylic acids is 2. The van der Waals surface area contributed by atoms with Crippen LogP contribution in [0, 0.1) is 5.92 Å². The number of piperidine rings is 1. The fourth-order valence-electron chi connectivity index (χ4n) is 3.79. The average molecular weight is 413 g/mol. The highest BCUT2D eigenvalue weighted by Gasteiger charge is 2.35. The summed E-state index contributed by atoms with van der Waals surface area (Å²) in [6, 6.07) is 3.69. The number of fused-ring (bicyclic) bond motifs is 1. The van der Waals surface area contributed by atoms with Gasteiger partial charge in [-0.05, 0) is 42.9 Å². The van der Waals surface area contributed by atoms with Gasteiger partial charge in [0.1, 0.15) is 5.82 Å². The van der Waals surface area contributed by atoms with E-state index in [4.69, 9.17) is 5.73 Å². The molecule has 0 bridgehead atoms. The Balaban J connectivity index is 1.55. The van der Waals surface area contributed by atoms with E-state index >= 15 is 0 Å². The van der Waals surface area contributed by atoms with E-state index in [9.17, 15) is 9.59 Å². The molecule has 1 saturated heterocycles. The second-order valence-corrected chi connectivity index (χ2v) is 8.64. The number of carbonyl (C=O) groups is 2. The van der Waals surface area contributed by atoms with Crippen LogP contribution in [0.25, 0.3) is 10.2 Å². The number of hydrogen-bond acceptors (Lipinski definition) is 6. The minimum atomic E-state index is -0.651. The molecule has 0 unspecified atom stereocenters. The van der Waals surface area contributed by atoms with Gasteiger partial charge >= 0.3 is 11.8 Å². The average Bonchev–Trinajstić information content (AvgIpc) is 3.31. The summed E-state index contributed by atoms with van der Waals surface area (Å²) < 4.78 is 1.05. The SMILES string of the molecule is CCc1cc(NC(=O)C(=O)N2C[C@@H](C)CC[C@@H]2c2cc3[nH]ncc3s2)cnc1N. The molecule has 29 heavy (non-hydrogen) atoms. The van der Waals surface area contributed by atoms with E-state index in [1.807, 2.05) is 13.0 Å². The summed E-state index contributed by atoms with van der Waals surface area (Å²) in [4.78, 5) is 32.7. The lowest BCUT2D eigenvalue weighted by Gasteiger charge is -2.37. The van der Waals surface area contributed by atoms with Crippen LogP contribution in [0.1, 0.15) is 43.2 Å². The van der Waals surface area contributed by atoms with Gasteiger partial charge in [0.2, 0.25) is 0 Å². The van der Waals surface area contributed by atoms with Gasteiger partial charge in [-0.1, -0.05) is 13.8 Å². The maximum absolute atomic E-state index is 13.1. The molecule has 4 rings (SSSR count). The first kappa shape index (κ1) is 19.4. The number of nitrogens with two attached hydrogens (primary N) is 1. The number of H-pyrrole nitrogens is 1. The maximum atomic E-state index is 13.1. The second kappa shape index (κ2) is 7.82. The van der Waals surface area contributed by atoms with Crippen molar-refractivity contribution in [3.05, 3.63) is 35.0 Å². The number of pyridine rings is 1. The highest BCUT2D eigenvalue weighted by Crippen LogP contribution is 2.38. The molecule has 0 spiro atoms. The number of aryl methyl sites for hydroxylation is 1. The van der Waals surface area contributed by atoms with Gasteiger partial charge in [-0.25, -0.2) is 4.98 Å². The summed E-state index contributed by atoms with van der Waals surface area (Å²) in [7, 11) is 0. The third-order valence-electron chi connectivity index (χ3n) is 5.39. The third-order valence-corrected chi connectivity index (χ3v) is 6.56. The Morgan fingerprint density at radius 1 is 1.34 bits per heavy atom. The van der Waals surface area contributed by atoms with Crippen LogP contribution in [0.15, 0.2) is 24.5 Å². The Kier molecular flexibility index (Phi) is 5.23. The van der Waals surface area contributed by atoms with E-state index in [0.29, 0.717) is 30.4 Å². The maximum Gasteiger partial charge on any atom is 0.313 e. The van der Waals surface area contributed by atoms with Crippen LogP contribution in [0.4, 0.5) is 11.5 Å². The van der Waals surface area contributed by atoms with Crippen molar-refractivity contribution < 1.29 is 9.59 Å². The smallest absolute Gasteiger partial charge is 0.313 e. The van der Waals surface area contributed by atoms with Crippen LogP contribution in [-0.2, 0) is 16.0 Å². The first-order valence-electron chi connectivity index (χ1n) is 9.75. The van der Waals surface area contributed by atoms with Gasteiger partial charge in [0, 0.05) is 11.4 Å². The molecule has 0 aromatic carbocycles. The number of hydrogen-bond donors (Lipinski definition) is 3. The van der Waals surface area contributed by atoms with E-state index in [2.05, 4.69) is 27.4 Å². The van der Waals surface area contributed by atoms with Gasteiger partial charge in [-0.2, -0.15) is 5.10 Å². The Bertz CT molecular complexity index is 1030. The van der Waals surface area contributed by atoms with Crippen LogP contribution in [0.5, 0.6) is 0 Å².